The summed E-state index contributed by atoms with van der Waals surface area (Å²) in [5.74, 6) is 2.46. The van der Waals surface area contributed by atoms with Gasteiger partial charge in [0.25, 0.3) is 0 Å². The summed E-state index contributed by atoms with van der Waals surface area (Å²) in [5.41, 5.74) is 5.75. The highest BCUT2D eigenvalue weighted by Gasteiger charge is 2.18. The second-order valence-electron chi connectivity index (χ2n) is 5.30. The lowest BCUT2D eigenvalue weighted by Gasteiger charge is -2.31. The van der Waals surface area contributed by atoms with Crippen molar-refractivity contribution in [1.29, 1.82) is 0 Å². The molecule has 0 spiro atoms. The first kappa shape index (κ1) is 18.1. The third kappa shape index (κ3) is 6.12. The van der Waals surface area contributed by atoms with Crippen LogP contribution < -0.4 is 15.2 Å². The average Bonchev–Trinajstić information content (AvgIpc) is 2.50. The molecule has 1 heterocycles. The molecule has 1 unspecified atom stereocenters. The molecule has 0 bridgehead atoms. The van der Waals surface area contributed by atoms with E-state index in [0.717, 1.165) is 37.7 Å². The Hall–Kier alpha value is -0.970. The Balaban J connectivity index is 0.00000220. The van der Waals surface area contributed by atoms with Gasteiger partial charge in [-0.25, -0.2) is 0 Å². The Bertz CT molecular complexity index is 386. The highest BCUT2D eigenvalue weighted by atomic mass is 35.5. The molecule has 5 heteroatoms. The second kappa shape index (κ2) is 9.87. The molecular formula is C16H27ClN2O2. The van der Waals surface area contributed by atoms with Gasteiger partial charge in [0.1, 0.15) is 18.1 Å². The Morgan fingerprint density at radius 3 is 2.48 bits per heavy atom. The first-order chi connectivity index (χ1) is 9.81. The van der Waals surface area contributed by atoms with Gasteiger partial charge in [0, 0.05) is 13.1 Å². The van der Waals surface area contributed by atoms with Crippen LogP contribution in [-0.4, -0.2) is 44.3 Å². The fourth-order valence-corrected chi connectivity index (χ4v) is 2.64. The normalized spacial score (nSPS) is 18.9. The van der Waals surface area contributed by atoms with Gasteiger partial charge in [0.05, 0.1) is 6.61 Å². The average molecular weight is 315 g/mol. The highest BCUT2D eigenvalue weighted by molar-refractivity contribution is 5.85. The first-order valence-electron chi connectivity index (χ1n) is 7.60. The molecule has 0 radical (unpaired) electrons. The van der Waals surface area contributed by atoms with Crippen molar-refractivity contribution >= 4 is 12.4 Å². The maximum absolute atomic E-state index is 5.78. The Labute approximate surface area is 134 Å². The third-order valence-electron chi connectivity index (χ3n) is 3.75. The summed E-state index contributed by atoms with van der Waals surface area (Å²) >= 11 is 0. The lowest BCUT2D eigenvalue weighted by molar-refractivity contribution is 0.149. The van der Waals surface area contributed by atoms with Gasteiger partial charge in [-0.1, -0.05) is 0 Å². The smallest absolute Gasteiger partial charge is 0.119 e. The van der Waals surface area contributed by atoms with Gasteiger partial charge in [-0.3, -0.25) is 4.90 Å². The van der Waals surface area contributed by atoms with E-state index in [1.807, 2.05) is 31.2 Å². The van der Waals surface area contributed by atoms with Crippen LogP contribution in [0.3, 0.4) is 0 Å². The molecule has 0 aromatic heterocycles. The van der Waals surface area contributed by atoms with E-state index >= 15 is 0 Å². The van der Waals surface area contributed by atoms with Crippen molar-refractivity contribution in [3.63, 3.8) is 0 Å². The molecule has 2 rings (SSSR count). The number of piperidine rings is 1. The van der Waals surface area contributed by atoms with Gasteiger partial charge in [-0.05, 0) is 63.0 Å². The van der Waals surface area contributed by atoms with Gasteiger partial charge < -0.3 is 15.2 Å². The molecule has 1 aromatic rings. The number of hydrogen-bond donors (Lipinski definition) is 1. The number of likely N-dealkylation sites (tertiary alicyclic amines) is 1. The summed E-state index contributed by atoms with van der Waals surface area (Å²) in [6.07, 6.45) is 2.53. The van der Waals surface area contributed by atoms with E-state index in [1.54, 1.807) is 0 Å². The largest absolute Gasteiger partial charge is 0.494 e. The van der Waals surface area contributed by atoms with E-state index in [2.05, 4.69) is 4.90 Å². The number of benzene rings is 1. The van der Waals surface area contributed by atoms with Crippen molar-refractivity contribution in [1.82, 2.24) is 4.90 Å². The molecule has 1 aliphatic heterocycles. The van der Waals surface area contributed by atoms with E-state index in [-0.39, 0.29) is 12.4 Å². The Morgan fingerprint density at radius 2 is 1.86 bits per heavy atom. The minimum Gasteiger partial charge on any atom is -0.494 e. The summed E-state index contributed by atoms with van der Waals surface area (Å²) in [6, 6.07) is 7.82. The zero-order valence-corrected chi connectivity index (χ0v) is 13.6. The number of nitrogens with two attached hydrogens (primary N) is 1. The monoisotopic (exact) mass is 314 g/mol. The van der Waals surface area contributed by atoms with Crippen molar-refractivity contribution in [3.05, 3.63) is 24.3 Å². The van der Waals surface area contributed by atoms with Gasteiger partial charge >= 0.3 is 0 Å². The maximum Gasteiger partial charge on any atom is 0.119 e. The highest BCUT2D eigenvalue weighted by Crippen LogP contribution is 2.18. The van der Waals surface area contributed by atoms with Gasteiger partial charge in [0.15, 0.2) is 0 Å². The summed E-state index contributed by atoms with van der Waals surface area (Å²) in [7, 11) is 0. The molecule has 1 saturated heterocycles. The van der Waals surface area contributed by atoms with Gasteiger partial charge in [-0.15, -0.1) is 12.4 Å². The number of ether oxygens (including phenoxy) is 2. The number of nitrogens with zero attached hydrogens (tertiary/aromatic N) is 1. The third-order valence-corrected chi connectivity index (χ3v) is 3.75. The van der Waals surface area contributed by atoms with Crippen LogP contribution in [0, 0.1) is 5.92 Å². The van der Waals surface area contributed by atoms with Crippen LogP contribution in [0.25, 0.3) is 0 Å². The van der Waals surface area contributed by atoms with Crippen LogP contribution >= 0.6 is 12.4 Å². The Morgan fingerprint density at radius 1 is 1.19 bits per heavy atom. The molecule has 1 atom stereocenters. The van der Waals surface area contributed by atoms with Crippen LogP contribution in [-0.2, 0) is 0 Å². The lowest BCUT2D eigenvalue weighted by atomic mass is 9.98. The molecule has 1 aromatic carbocycles. The molecule has 0 amide bonds. The van der Waals surface area contributed by atoms with Crippen LogP contribution in [0.4, 0.5) is 0 Å². The maximum atomic E-state index is 5.78. The van der Waals surface area contributed by atoms with E-state index in [4.69, 9.17) is 15.2 Å². The molecule has 21 heavy (non-hydrogen) atoms. The SMILES string of the molecule is CCOc1ccc(OCCN2CCCC(CN)C2)cc1.Cl. The number of hydrogen-bond acceptors (Lipinski definition) is 4. The lowest BCUT2D eigenvalue weighted by Crippen LogP contribution is -2.40. The molecule has 2 N–H and O–H groups in total. The van der Waals surface area contributed by atoms with Crippen molar-refractivity contribution in [2.75, 3.05) is 39.4 Å². The zero-order chi connectivity index (χ0) is 14.2. The summed E-state index contributed by atoms with van der Waals surface area (Å²) in [6.45, 7) is 7.46. The molecule has 0 saturated carbocycles. The van der Waals surface area contributed by atoms with Crippen molar-refractivity contribution in [2.24, 2.45) is 11.7 Å². The zero-order valence-electron chi connectivity index (χ0n) is 12.8. The predicted molar refractivity (Wildman–Crippen MR) is 88.6 cm³/mol. The van der Waals surface area contributed by atoms with E-state index in [0.29, 0.717) is 12.5 Å². The molecule has 1 aliphatic rings. The molecule has 0 aliphatic carbocycles. The van der Waals surface area contributed by atoms with Crippen LogP contribution in [0.2, 0.25) is 0 Å². The number of halogens is 1. The van der Waals surface area contributed by atoms with Gasteiger partial charge in [-0.2, -0.15) is 0 Å². The number of rotatable bonds is 7. The fraction of sp³-hybridized carbons (Fsp3) is 0.625. The van der Waals surface area contributed by atoms with Crippen LogP contribution in [0.5, 0.6) is 11.5 Å². The standard InChI is InChI=1S/C16H26N2O2.ClH/c1-2-19-15-5-7-16(8-6-15)20-11-10-18-9-3-4-14(12-17)13-18;/h5-8,14H,2-4,9-13,17H2,1H3;1H. The summed E-state index contributed by atoms with van der Waals surface area (Å²) in [5, 5.41) is 0. The predicted octanol–water partition coefficient (Wildman–Crippen LogP) is 2.56. The molecular weight excluding hydrogens is 288 g/mol. The topological polar surface area (TPSA) is 47.7 Å². The van der Waals surface area contributed by atoms with E-state index < -0.39 is 0 Å². The van der Waals surface area contributed by atoms with E-state index in [9.17, 15) is 0 Å². The van der Waals surface area contributed by atoms with Crippen molar-refractivity contribution in [3.8, 4) is 11.5 Å². The molecule has 120 valence electrons. The van der Waals surface area contributed by atoms with Crippen molar-refractivity contribution in [2.45, 2.75) is 19.8 Å². The Kier molecular flexibility index (Phi) is 8.50. The molecule has 4 nitrogen and oxygen atoms in total. The second-order valence-corrected chi connectivity index (χ2v) is 5.30. The fourth-order valence-electron chi connectivity index (χ4n) is 2.64. The summed E-state index contributed by atoms with van der Waals surface area (Å²) < 4.78 is 11.2. The van der Waals surface area contributed by atoms with Crippen LogP contribution in [0.15, 0.2) is 24.3 Å². The minimum absolute atomic E-state index is 0. The van der Waals surface area contributed by atoms with Crippen molar-refractivity contribution < 1.29 is 9.47 Å². The first-order valence-corrected chi connectivity index (χ1v) is 7.60. The van der Waals surface area contributed by atoms with E-state index in [1.165, 1.54) is 19.4 Å². The van der Waals surface area contributed by atoms with Crippen LogP contribution in [0.1, 0.15) is 19.8 Å². The quantitative estimate of drug-likeness (QED) is 0.840. The summed E-state index contributed by atoms with van der Waals surface area (Å²) in [4.78, 5) is 2.45. The molecule has 1 fully saturated rings. The van der Waals surface area contributed by atoms with Gasteiger partial charge in [0.2, 0.25) is 0 Å². The minimum atomic E-state index is 0.